The third-order valence-electron chi connectivity index (χ3n) is 4.91. The van der Waals surface area contributed by atoms with E-state index in [-0.39, 0.29) is 6.09 Å². The first-order valence-electron chi connectivity index (χ1n) is 9.94. The highest BCUT2D eigenvalue weighted by Gasteiger charge is 2.25. The van der Waals surface area contributed by atoms with Crippen LogP contribution in [0, 0.1) is 0 Å². The zero-order chi connectivity index (χ0) is 20.4. The molecule has 2 aromatic carbocycles. The molecule has 0 N–H and O–H groups in total. The molecule has 0 saturated heterocycles. The first-order valence-corrected chi connectivity index (χ1v) is 9.94. The maximum absolute atomic E-state index is 12.4. The molecule has 0 aliphatic carbocycles. The van der Waals surface area contributed by atoms with Crippen molar-refractivity contribution in [3.63, 3.8) is 0 Å². The molecular weight excluding hydrogens is 364 g/mol. The van der Waals surface area contributed by atoms with E-state index in [1.807, 2.05) is 51.1 Å². The summed E-state index contributed by atoms with van der Waals surface area (Å²) in [6.45, 7) is 7.36. The molecule has 0 bridgehead atoms. The number of carbonyl (C=O) groups is 1. The molecule has 2 heterocycles. The van der Waals surface area contributed by atoms with Gasteiger partial charge in [-0.2, -0.15) is 0 Å². The van der Waals surface area contributed by atoms with Crippen molar-refractivity contribution in [2.75, 3.05) is 6.54 Å². The van der Waals surface area contributed by atoms with Gasteiger partial charge in [-0.05, 0) is 74.2 Å². The van der Waals surface area contributed by atoms with E-state index in [9.17, 15) is 4.79 Å². The van der Waals surface area contributed by atoms with Gasteiger partial charge >= 0.3 is 6.09 Å². The van der Waals surface area contributed by atoms with Crippen LogP contribution < -0.4 is 4.74 Å². The minimum absolute atomic E-state index is 0.265. The zero-order valence-corrected chi connectivity index (χ0v) is 17.1. The van der Waals surface area contributed by atoms with Crippen LogP contribution in [0.5, 0.6) is 5.75 Å². The Morgan fingerprint density at radius 1 is 1.10 bits per heavy atom. The molecule has 0 unspecified atom stereocenters. The van der Waals surface area contributed by atoms with Crippen molar-refractivity contribution in [2.24, 2.45) is 0 Å². The smallest absolute Gasteiger partial charge is 0.410 e. The van der Waals surface area contributed by atoms with Crippen LogP contribution in [0.4, 0.5) is 4.79 Å². The fourth-order valence-corrected chi connectivity index (χ4v) is 3.49. The Balaban J connectivity index is 1.44. The Hall–Kier alpha value is -3.08. The summed E-state index contributed by atoms with van der Waals surface area (Å²) in [7, 11) is 0. The predicted octanol–water partition coefficient (Wildman–Crippen LogP) is 5.11. The maximum Gasteiger partial charge on any atom is 0.410 e. The fourth-order valence-electron chi connectivity index (χ4n) is 3.49. The normalized spacial score (nSPS) is 13.8. The number of benzene rings is 2. The van der Waals surface area contributed by atoms with E-state index < -0.39 is 5.60 Å². The molecule has 1 amide bonds. The highest BCUT2D eigenvalue weighted by molar-refractivity contribution is 5.78. The van der Waals surface area contributed by atoms with Gasteiger partial charge in [0.1, 0.15) is 18.0 Å². The van der Waals surface area contributed by atoms with E-state index >= 15 is 0 Å². The van der Waals surface area contributed by atoms with Gasteiger partial charge in [0, 0.05) is 24.7 Å². The largest absolute Gasteiger partial charge is 0.489 e. The summed E-state index contributed by atoms with van der Waals surface area (Å²) in [4.78, 5) is 18.5. The molecule has 5 nitrogen and oxygen atoms in total. The lowest BCUT2D eigenvalue weighted by atomic mass is 10.00. The third-order valence-corrected chi connectivity index (χ3v) is 4.91. The Bertz CT molecular complexity index is 1040. The summed E-state index contributed by atoms with van der Waals surface area (Å²) in [6, 6.07) is 16.3. The van der Waals surface area contributed by atoms with Crippen molar-refractivity contribution in [3.8, 4) is 5.75 Å². The van der Waals surface area contributed by atoms with Crippen molar-refractivity contribution >= 4 is 17.0 Å². The Kier molecular flexibility index (Phi) is 5.14. The van der Waals surface area contributed by atoms with Gasteiger partial charge in [0.05, 0.1) is 5.52 Å². The molecule has 1 aliphatic rings. The number of ether oxygens (including phenoxy) is 2. The molecule has 150 valence electrons. The summed E-state index contributed by atoms with van der Waals surface area (Å²) in [6.07, 6.45) is 2.36. The van der Waals surface area contributed by atoms with Crippen molar-refractivity contribution in [1.29, 1.82) is 0 Å². The molecule has 29 heavy (non-hydrogen) atoms. The molecule has 3 aromatic rings. The number of hydrogen-bond acceptors (Lipinski definition) is 4. The van der Waals surface area contributed by atoms with Crippen LogP contribution in [0.1, 0.15) is 37.5 Å². The lowest BCUT2D eigenvalue weighted by Crippen LogP contribution is -2.39. The second-order valence-electron chi connectivity index (χ2n) is 8.40. The van der Waals surface area contributed by atoms with Crippen molar-refractivity contribution in [3.05, 3.63) is 71.4 Å². The monoisotopic (exact) mass is 390 g/mol. The number of rotatable bonds is 3. The first kappa shape index (κ1) is 19.2. The molecule has 1 aromatic heterocycles. The van der Waals surface area contributed by atoms with Crippen LogP contribution in [-0.4, -0.2) is 28.1 Å². The van der Waals surface area contributed by atoms with Crippen LogP contribution >= 0.6 is 0 Å². The summed E-state index contributed by atoms with van der Waals surface area (Å²) in [5.41, 5.74) is 3.96. The number of nitrogens with zero attached hydrogens (tertiary/aromatic N) is 2. The standard InChI is InChI=1S/C24H26N2O3/c1-24(2,3)29-23(27)26-12-10-18-7-8-21(14-20(18)15-26)28-16-17-6-9-22-19(13-17)5-4-11-25-22/h4-9,11,13-14H,10,12,15-16H2,1-3H3. The first-order chi connectivity index (χ1) is 13.9. The highest BCUT2D eigenvalue weighted by atomic mass is 16.6. The fraction of sp³-hybridized carbons (Fsp3) is 0.333. The van der Waals surface area contributed by atoms with E-state index in [0.29, 0.717) is 19.7 Å². The summed E-state index contributed by atoms with van der Waals surface area (Å²) in [5.74, 6) is 0.807. The zero-order valence-electron chi connectivity index (χ0n) is 17.1. The van der Waals surface area contributed by atoms with Gasteiger partial charge in [-0.1, -0.05) is 18.2 Å². The quantitative estimate of drug-likeness (QED) is 0.624. The second-order valence-corrected chi connectivity index (χ2v) is 8.40. The van der Waals surface area contributed by atoms with Crippen molar-refractivity contribution in [1.82, 2.24) is 9.88 Å². The maximum atomic E-state index is 12.4. The summed E-state index contributed by atoms with van der Waals surface area (Å²) in [5, 5.41) is 1.10. The highest BCUT2D eigenvalue weighted by Crippen LogP contribution is 2.26. The summed E-state index contributed by atoms with van der Waals surface area (Å²) < 4.78 is 11.5. The number of fused-ring (bicyclic) bond motifs is 2. The number of pyridine rings is 1. The number of carbonyl (C=O) groups excluding carboxylic acids is 1. The number of amides is 1. The Labute approximate surface area is 171 Å². The molecule has 4 rings (SSSR count). The van der Waals surface area contributed by atoms with Gasteiger partial charge in [0.2, 0.25) is 0 Å². The van der Waals surface area contributed by atoms with Gasteiger partial charge in [0.25, 0.3) is 0 Å². The van der Waals surface area contributed by atoms with Crippen LogP contribution in [-0.2, 0) is 24.3 Å². The van der Waals surface area contributed by atoms with Gasteiger partial charge in [-0.25, -0.2) is 4.79 Å². The van der Waals surface area contributed by atoms with Crippen LogP contribution in [0.15, 0.2) is 54.7 Å². The van der Waals surface area contributed by atoms with E-state index in [1.54, 1.807) is 11.1 Å². The Morgan fingerprint density at radius 3 is 2.79 bits per heavy atom. The molecule has 0 radical (unpaired) electrons. The minimum Gasteiger partial charge on any atom is -0.489 e. The second kappa shape index (κ2) is 7.74. The third kappa shape index (κ3) is 4.67. The van der Waals surface area contributed by atoms with Crippen LogP contribution in [0.2, 0.25) is 0 Å². The van der Waals surface area contributed by atoms with E-state index in [0.717, 1.165) is 34.2 Å². The minimum atomic E-state index is -0.488. The predicted molar refractivity (Wildman–Crippen MR) is 113 cm³/mol. The molecule has 0 atom stereocenters. The lowest BCUT2D eigenvalue weighted by molar-refractivity contribution is 0.0223. The van der Waals surface area contributed by atoms with Gasteiger partial charge in [-0.15, -0.1) is 0 Å². The average Bonchev–Trinajstić information content (AvgIpc) is 2.70. The molecule has 5 heteroatoms. The molecule has 0 saturated carbocycles. The molecule has 1 aliphatic heterocycles. The van der Waals surface area contributed by atoms with Gasteiger partial charge < -0.3 is 14.4 Å². The lowest BCUT2D eigenvalue weighted by Gasteiger charge is -2.31. The van der Waals surface area contributed by atoms with Gasteiger partial charge in [0.15, 0.2) is 0 Å². The van der Waals surface area contributed by atoms with Gasteiger partial charge in [-0.3, -0.25) is 4.98 Å². The van der Waals surface area contributed by atoms with Crippen LogP contribution in [0.25, 0.3) is 10.9 Å². The molecule has 0 spiro atoms. The number of aromatic nitrogens is 1. The van der Waals surface area contributed by atoms with E-state index in [1.165, 1.54) is 5.56 Å². The molecular formula is C24H26N2O3. The van der Waals surface area contributed by atoms with Crippen molar-refractivity contribution < 1.29 is 14.3 Å². The average molecular weight is 390 g/mol. The van der Waals surface area contributed by atoms with Crippen LogP contribution in [0.3, 0.4) is 0 Å². The van der Waals surface area contributed by atoms with Crippen molar-refractivity contribution in [2.45, 2.75) is 45.9 Å². The topological polar surface area (TPSA) is 51.7 Å². The molecule has 0 fully saturated rings. The van der Waals surface area contributed by atoms with E-state index in [4.69, 9.17) is 9.47 Å². The summed E-state index contributed by atoms with van der Waals surface area (Å²) >= 11 is 0. The Morgan fingerprint density at radius 2 is 1.97 bits per heavy atom. The van der Waals surface area contributed by atoms with E-state index in [2.05, 4.69) is 23.2 Å². The number of hydrogen-bond donors (Lipinski definition) is 0. The SMILES string of the molecule is CC(C)(C)OC(=O)N1CCc2ccc(OCc3ccc4ncccc4c3)cc2C1.